The Morgan fingerprint density at radius 1 is 0.220 bits per heavy atom. The Kier molecular flexibility index (Phi) is 19.6. The normalized spacial score (nSPS) is 23.7. The lowest BCUT2D eigenvalue weighted by Crippen LogP contribution is -2.37. The molecular weight excluding hydrogens is 1480 g/mol. The Hall–Kier alpha value is -10.2. The van der Waals surface area contributed by atoms with Crippen LogP contribution in [-0.4, -0.2) is 46.3 Å². The molecule has 0 fully saturated rings. The molecule has 16 heteroatoms. The van der Waals surface area contributed by atoms with Crippen molar-refractivity contribution in [2.75, 3.05) is 0 Å². The summed E-state index contributed by atoms with van der Waals surface area (Å²) in [7, 11) is 0. The molecule has 0 radical (unpaired) electrons. The lowest BCUT2D eigenvalue weighted by atomic mass is 9.65. The van der Waals surface area contributed by atoms with E-state index in [1.54, 1.807) is 0 Å². The number of carbonyl (C=O) groups excluding carboxylic acids is 8. The van der Waals surface area contributed by atoms with Crippen LogP contribution in [0.3, 0.4) is 0 Å². The van der Waals surface area contributed by atoms with Gasteiger partial charge < -0.3 is 37.9 Å². The number of benzene rings is 5. The number of hydrogen-bond acceptors (Lipinski definition) is 16. The standard InChI is InChI=1S/C102H110O16/c1-95(2)35-67(103)87-75(43-95)115-76-44-96(3,4)36-68(104)88(76)83(87)55-17-25-63(26-18-55)111-51-59-33-61(53-113-65-29-21-57(22-30-65)85-91-71(107)39-99(9,10)47-79(91)117-80-48-100(11,12)40-72(108)92(80)85)62(54-114-66-31-23-58(24-32-66)86-93-73(109)41-101(13,14)49-81(93)118-82-50-102(15,16)42-74(110)94(82)86)34-60(59)52-112-64-27-19-56(20-28-64)84-89-69(105)37-97(5,6)45-77(89)116-78-46-98(7,8)38-70(106)90(78)84/h17-34,83-86H,35-54H2,1-16H3. The van der Waals surface area contributed by atoms with Crippen molar-refractivity contribution in [3.8, 4) is 23.0 Å². The molecule has 12 aliphatic rings. The van der Waals surface area contributed by atoms with Gasteiger partial charge in [-0.05, 0) is 148 Å². The Balaban J connectivity index is 0.730. The summed E-state index contributed by atoms with van der Waals surface area (Å²) in [4.78, 5) is 115. The van der Waals surface area contributed by atoms with Gasteiger partial charge in [-0.3, -0.25) is 38.4 Å². The first-order valence-corrected chi connectivity index (χ1v) is 42.4. The molecule has 0 atom stereocenters. The molecule has 0 aromatic heterocycles. The third-order valence-corrected chi connectivity index (χ3v) is 26.3. The van der Waals surface area contributed by atoms with Crippen molar-refractivity contribution in [3.05, 3.63) is 244 Å². The van der Waals surface area contributed by atoms with Crippen molar-refractivity contribution < 1.29 is 76.3 Å². The van der Waals surface area contributed by atoms with Crippen LogP contribution in [0.1, 0.15) is 282 Å². The number of allylic oxidation sites excluding steroid dienone is 16. The van der Waals surface area contributed by atoms with Crippen molar-refractivity contribution in [1.29, 1.82) is 0 Å². The van der Waals surface area contributed by atoms with Gasteiger partial charge in [0, 0.05) is 171 Å². The van der Waals surface area contributed by atoms with Gasteiger partial charge in [0.05, 0.1) is 0 Å². The van der Waals surface area contributed by atoms with Gasteiger partial charge in [0.25, 0.3) is 0 Å². The SMILES string of the molecule is CC1(C)CC(=O)C2=C(C1)OC1=C(C(=O)CC(C)(C)C1)C2c1ccc(OCc2cc(COc3ccc(C4C5=C(CC(C)(C)CC5=O)OC5=C4C(=O)CC(C)(C)C5)cc3)c(COc3ccc(C4C5=C(CC(C)(C)CC5=O)OC5=C4C(=O)CC(C)(C)C5)cc3)cc2COc2ccc(C3C4=C(CC(C)(C)CC4=O)OC4=C3C(=O)CC(C)(C)C4)cc2)cc1. The zero-order chi connectivity index (χ0) is 83.6. The summed E-state index contributed by atoms with van der Waals surface area (Å²) >= 11 is 0. The summed E-state index contributed by atoms with van der Waals surface area (Å²) in [5.74, 6) is 4.77. The van der Waals surface area contributed by atoms with E-state index in [-0.39, 0.29) is 116 Å². The smallest absolute Gasteiger partial charge is 0.163 e. The van der Waals surface area contributed by atoms with Gasteiger partial charge in [-0.25, -0.2) is 0 Å². The molecular formula is C102H110O16. The van der Waals surface area contributed by atoms with E-state index in [4.69, 9.17) is 37.9 Å². The number of rotatable bonds is 16. The molecule has 4 heterocycles. The first-order chi connectivity index (χ1) is 55.5. The van der Waals surface area contributed by atoms with Gasteiger partial charge in [-0.1, -0.05) is 159 Å². The second kappa shape index (κ2) is 28.8. The Bertz CT molecular complexity index is 4600. The highest BCUT2D eigenvalue weighted by atomic mass is 16.5. The number of ether oxygens (including phenoxy) is 8. The maximum atomic E-state index is 14.4. The minimum atomic E-state index is -0.594. The summed E-state index contributed by atoms with van der Waals surface area (Å²) in [6.45, 7) is 33.5. The maximum absolute atomic E-state index is 14.4. The molecule has 4 aliphatic heterocycles. The van der Waals surface area contributed by atoms with E-state index in [2.05, 4.69) is 123 Å². The summed E-state index contributed by atoms with van der Waals surface area (Å²) in [5, 5.41) is 0. The second-order valence-corrected chi connectivity index (χ2v) is 42.2. The van der Waals surface area contributed by atoms with Crippen LogP contribution >= 0.6 is 0 Å². The molecule has 17 rings (SSSR count). The summed E-state index contributed by atoms with van der Waals surface area (Å²) in [6.07, 6.45) is 7.25. The molecule has 0 amide bonds. The van der Waals surface area contributed by atoms with Crippen LogP contribution in [0.5, 0.6) is 23.0 Å². The molecule has 0 spiro atoms. The highest BCUT2D eigenvalue weighted by Crippen LogP contribution is 2.60. The van der Waals surface area contributed by atoms with Crippen LogP contribution in [0.4, 0.5) is 0 Å². The monoisotopic (exact) mass is 1590 g/mol. The molecule has 0 saturated carbocycles. The van der Waals surface area contributed by atoms with E-state index in [1.807, 2.05) is 97.1 Å². The third-order valence-electron chi connectivity index (χ3n) is 26.3. The van der Waals surface area contributed by atoms with Gasteiger partial charge in [-0.2, -0.15) is 0 Å². The van der Waals surface area contributed by atoms with Crippen molar-refractivity contribution >= 4 is 46.3 Å². The topological polar surface area (TPSA) is 210 Å². The van der Waals surface area contributed by atoms with Crippen molar-refractivity contribution in [3.63, 3.8) is 0 Å². The van der Waals surface area contributed by atoms with Crippen LogP contribution < -0.4 is 18.9 Å². The first-order valence-electron chi connectivity index (χ1n) is 42.4. The van der Waals surface area contributed by atoms with Crippen LogP contribution in [0.2, 0.25) is 0 Å². The van der Waals surface area contributed by atoms with E-state index in [0.29, 0.717) is 216 Å². The van der Waals surface area contributed by atoms with Gasteiger partial charge in [0.1, 0.15) is 95.5 Å². The first kappa shape index (κ1) is 80.2. The predicted molar refractivity (Wildman–Crippen MR) is 445 cm³/mol. The van der Waals surface area contributed by atoms with Gasteiger partial charge in [0.2, 0.25) is 0 Å². The molecule has 5 aromatic carbocycles. The number of carbonyl (C=O) groups is 8. The van der Waals surface area contributed by atoms with E-state index >= 15 is 0 Å². The average molecular weight is 1590 g/mol. The van der Waals surface area contributed by atoms with E-state index in [0.717, 1.165) is 44.5 Å². The fraction of sp³-hybridized carbons (Fsp3) is 0.471. The molecule has 0 unspecified atom stereocenters. The lowest BCUT2D eigenvalue weighted by Gasteiger charge is -2.42. The van der Waals surface area contributed by atoms with Crippen LogP contribution in [-0.2, 0) is 83.7 Å². The van der Waals surface area contributed by atoms with Crippen molar-refractivity contribution in [2.45, 2.75) is 264 Å². The number of hydrogen-bond donors (Lipinski definition) is 0. The van der Waals surface area contributed by atoms with E-state index in [9.17, 15) is 38.4 Å². The van der Waals surface area contributed by atoms with Crippen molar-refractivity contribution in [1.82, 2.24) is 0 Å². The van der Waals surface area contributed by atoms with Crippen LogP contribution in [0, 0.1) is 43.3 Å². The molecule has 614 valence electrons. The third kappa shape index (κ3) is 15.5. The fourth-order valence-electron chi connectivity index (χ4n) is 21.0. The minimum absolute atomic E-state index is 0.0184. The highest BCUT2D eigenvalue weighted by molar-refractivity contribution is 6.10. The van der Waals surface area contributed by atoms with Crippen LogP contribution in [0.25, 0.3) is 0 Å². The predicted octanol–water partition coefficient (Wildman–Crippen LogP) is 21.6. The quantitative estimate of drug-likeness (QED) is 0.0899. The molecule has 16 nitrogen and oxygen atoms in total. The maximum Gasteiger partial charge on any atom is 0.163 e. The molecule has 0 N–H and O–H groups in total. The van der Waals surface area contributed by atoms with Gasteiger partial charge in [-0.15, -0.1) is 0 Å². The zero-order valence-corrected chi connectivity index (χ0v) is 71.4. The molecule has 8 aliphatic carbocycles. The molecule has 118 heavy (non-hydrogen) atoms. The van der Waals surface area contributed by atoms with Gasteiger partial charge in [0.15, 0.2) is 46.3 Å². The molecule has 0 saturated heterocycles. The Labute approximate surface area is 693 Å². The largest absolute Gasteiger partial charge is 0.489 e. The molecule has 5 aromatic rings. The zero-order valence-electron chi connectivity index (χ0n) is 71.4. The Morgan fingerprint density at radius 3 is 0.492 bits per heavy atom. The van der Waals surface area contributed by atoms with Crippen LogP contribution in [0.15, 0.2) is 200 Å². The number of Topliss-reactive ketones (excluding diaryl/α,β-unsaturated/α-hetero) is 8. The van der Waals surface area contributed by atoms with E-state index < -0.39 is 23.7 Å². The summed E-state index contributed by atoms with van der Waals surface area (Å²) < 4.78 is 54.1. The molecule has 0 bridgehead atoms. The summed E-state index contributed by atoms with van der Waals surface area (Å²) in [6, 6.07) is 34.8. The Morgan fingerprint density at radius 2 is 0.356 bits per heavy atom. The lowest BCUT2D eigenvalue weighted by molar-refractivity contribution is -0.122. The second-order valence-electron chi connectivity index (χ2n) is 42.2. The number of ketones is 8. The highest BCUT2D eigenvalue weighted by Gasteiger charge is 2.54. The summed E-state index contributed by atoms with van der Waals surface area (Å²) in [5.41, 5.74) is 8.10. The minimum Gasteiger partial charge on any atom is -0.489 e. The van der Waals surface area contributed by atoms with Gasteiger partial charge >= 0.3 is 0 Å². The van der Waals surface area contributed by atoms with Crippen molar-refractivity contribution in [2.24, 2.45) is 43.3 Å². The fourth-order valence-corrected chi connectivity index (χ4v) is 21.0. The van der Waals surface area contributed by atoms with E-state index in [1.165, 1.54) is 0 Å². The average Bonchev–Trinajstić information content (AvgIpc) is 0.744.